The number of nitrogens with zero attached hydrogens (tertiary/aromatic N) is 1. The van der Waals surface area contributed by atoms with Crippen molar-refractivity contribution in [2.75, 3.05) is 6.61 Å². The third-order valence-electron chi connectivity index (χ3n) is 2.68. The minimum absolute atomic E-state index is 0.111. The molecule has 0 amide bonds. The number of hydrogen-bond donors (Lipinski definition) is 3. The van der Waals surface area contributed by atoms with Gasteiger partial charge in [-0.25, -0.2) is 4.98 Å². The number of aromatic amines is 1. The molecule has 0 saturated carbocycles. The quantitative estimate of drug-likeness (QED) is 0.752. The van der Waals surface area contributed by atoms with Crippen LogP contribution in [0.3, 0.4) is 0 Å². The van der Waals surface area contributed by atoms with Gasteiger partial charge >= 0.3 is 0 Å². The lowest BCUT2D eigenvalue weighted by molar-refractivity contribution is 0.264. The van der Waals surface area contributed by atoms with Crippen LogP contribution < -0.4 is 5.73 Å². The molecular weight excluding hydrogens is 214 g/mol. The first-order valence-corrected chi connectivity index (χ1v) is 5.60. The van der Waals surface area contributed by atoms with Crippen LogP contribution in [-0.4, -0.2) is 21.7 Å². The zero-order chi connectivity index (χ0) is 12.4. The lowest BCUT2D eigenvalue weighted by Gasteiger charge is -2.04. The summed E-state index contributed by atoms with van der Waals surface area (Å²) in [6.07, 6.45) is 1.75. The van der Waals surface area contributed by atoms with Crippen LogP contribution in [0.2, 0.25) is 0 Å². The largest absolute Gasteiger partial charge is 0.394 e. The van der Waals surface area contributed by atoms with Crippen LogP contribution in [0.1, 0.15) is 23.0 Å². The SMILES string of the molecule is Cc1cc(C)cc(-c2cnc(C(N)CO)[nH]2)c1. The molecule has 0 saturated heterocycles. The average Bonchev–Trinajstić information content (AvgIpc) is 2.76. The molecule has 0 aliphatic heterocycles. The van der Waals surface area contributed by atoms with Gasteiger partial charge in [0.15, 0.2) is 0 Å². The fourth-order valence-corrected chi connectivity index (χ4v) is 1.89. The molecule has 0 fully saturated rings. The minimum atomic E-state index is -0.449. The minimum Gasteiger partial charge on any atom is -0.394 e. The molecule has 4 nitrogen and oxygen atoms in total. The van der Waals surface area contributed by atoms with E-state index in [1.165, 1.54) is 11.1 Å². The molecule has 1 unspecified atom stereocenters. The molecule has 1 aromatic carbocycles. The first-order valence-electron chi connectivity index (χ1n) is 5.60. The number of H-pyrrole nitrogens is 1. The molecule has 1 atom stereocenters. The highest BCUT2D eigenvalue weighted by Gasteiger charge is 2.10. The second-order valence-corrected chi connectivity index (χ2v) is 4.35. The number of imidazole rings is 1. The zero-order valence-electron chi connectivity index (χ0n) is 10.1. The number of nitrogens with two attached hydrogens (primary N) is 1. The van der Waals surface area contributed by atoms with Gasteiger partial charge in [-0.2, -0.15) is 0 Å². The van der Waals surface area contributed by atoms with E-state index in [4.69, 9.17) is 10.8 Å². The van der Waals surface area contributed by atoms with E-state index in [9.17, 15) is 0 Å². The summed E-state index contributed by atoms with van der Waals surface area (Å²) in [6.45, 7) is 4.01. The van der Waals surface area contributed by atoms with E-state index in [0.29, 0.717) is 5.82 Å². The average molecular weight is 231 g/mol. The maximum Gasteiger partial charge on any atom is 0.125 e. The van der Waals surface area contributed by atoms with Crippen molar-refractivity contribution in [3.8, 4) is 11.3 Å². The molecule has 1 aromatic heterocycles. The Balaban J connectivity index is 2.36. The second-order valence-electron chi connectivity index (χ2n) is 4.35. The summed E-state index contributed by atoms with van der Waals surface area (Å²) in [4.78, 5) is 7.32. The third kappa shape index (κ3) is 2.54. The molecule has 1 heterocycles. The van der Waals surface area contributed by atoms with Crippen molar-refractivity contribution >= 4 is 0 Å². The Bertz CT molecular complexity index is 499. The highest BCUT2D eigenvalue weighted by atomic mass is 16.3. The first-order chi connectivity index (χ1) is 8.10. The van der Waals surface area contributed by atoms with Crippen molar-refractivity contribution in [3.63, 3.8) is 0 Å². The molecule has 2 rings (SSSR count). The highest BCUT2D eigenvalue weighted by Crippen LogP contribution is 2.21. The summed E-state index contributed by atoms with van der Waals surface area (Å²) < 4.78 is 0. The van der Waals surface area contributed by atoms with E-state index in [0.717, 1.165) is 11.3 Å². The highest BCUT2D eigenvalue weighted by molar-refractivity contribution is 5.60. The van der Waals surface area contributed by atoms with Crippen LogP contribution in [0.25, 0.3) is 11.3 Å². The van der Waals surface area contributed by atoms with Gasteiger partial charge in [-0.3, -0.25) is 0 Å². The molecule has 90 valence electrons. The van der Waals surface area contributed by atoms with Crippen LogP contribution >= 0.6 is 0 Å². The Hall–Kier alpha value is -1.65. The van der Waals surface area contributed by atoms with Gasteiger partial charge < -0.3 is 15.8 Å². The number of aryl methyl sites for hydroxylation is 2. The smallest absolute Gasteiger partial charge is 0.125 e. The zero-order valence-corrected chi connectivity index (χ0v) is 10.1. The van der Waals surface area contributed by atoms with Gasteiger partial charge in [0.05, 0.1) is 24.5 Å². The summed E-state index contributed by atoms with van der Waals surface area (Å²) in [5.41, 5.74) is 10.1. The molecule has 0 aliphatic carbocycles. The molecule has 2 aromatic rings. The summed E-state index contributed by atoms with van der Waals surface area (Å²) in [5, 5.41) is 8.97. The number of aromatic nitrogens is 2. The topological polar surface area (TPSA) is 74.9 Å². The normalized spacial score (nSPS) is 12.7. The van der Waals surface area contributed by atoms with E-state index >= 15 is 0 Å². The summed E-state index contributed by atoms with van der Waals surface area (Å²) in [6, 6.07) is 5.86. The Morgan fingerprint density at radius 3 is 2.53 bits per heavy atom. The van der Waals surface area contributed by atoms with Crippen molar-refractivity contribution < 1.29 is 5.11 Å². The van der Waals surface area contributed by atoms with Crippen LogP contribution in [0.5, 0.6) is 0 Å². The van der Waals surface area contributed by atoms with E-state index in [1.54, 1.807) is 6.20 Å². The Morgan fingerprint density at radius 1 is 1.29 bits per heavy atom. The van der Waals surface area contributed by atoms with Gasteiger partial charge in [0.1, 0.15) is 5.82 Å². The van der Waals surface area contributed by atoms with Crippen molar-refractivity contribution in [2.45, 2.75) is 19.9 Å². The van der Waals surface area contributed by atoms with Crippen LogP contribution in [-0.2, 0) is 0 Å². The van der Waals surface area contributed by atoms with Crippen molar-refractivity contribution in [1.82, 2.24) is 9.97 Å². The van der Waals surface area contributed by atoms with E-state index < -0.39 is 6.04 Å². The molecule has 17 heavy (non-hydrogen) atoms. The molecular formula is C13H17N3O. The number of rotatable bonds is 3. The van der Waals surface area contributed by atoms with Gasteiger partial charge in [0, 0.05) is 5.56 Å². The number of benzene rings is 1. The van der Waals surface area contributed by atoms with Gasteiger partial charge in [-0.15, -0.1) is 0 Å². The molecule has 4 heteroatoms. The van der Waals surface area contributed by atoms with E-state index in [-0.39, 0.29) is 6.61 Å². The lowest BCUT2D eigenvalue weighted by atomic mass is 10.1. The van der Waals surface area contributed by atoms with E-state index in [2.05, 4.69) is 42.0 Å². The molecule has 0 radical (unpaired) electrons. The third-order valence-corrected chi connectivity index (χ3v) is 2.68. The molecule has 0 bridgehead atoms. The van der Waals surface area contributed by atoms with Crippen molar-refractivity contribution in [1.29, 1.82) is 0 Å². The van der Waals surface area contributed by atoms with Gasteiger partial charge in [-0.1, -0.05) is 17.2 Å². The first kappa shape index (κ1) is 11.8. The maximum absolute atomic E-state index is 8.97. The van der Waals surface area contributed by atoms with Gasteiger partial charge in [0.2, 0.25) is 0 Å². The Labute approximate surface area is 101 Å². The fourth-order valence-electron chi connectivity index (χ4n) is 1.89. The predicted molar refractivity (Wildman–Crippen MR) is 67.5 cm³/mol. The number of aliphatic hydroxyl groups excluding tert-OH is 1. The number of hydrogen-bond acceptors (Lipinski definition) is 3. The second kappa shape index (κ2) is 4.69. The molecule has 0 spiro atoms. The summed E-state index contributed by atoms with van der Waals surface area (Å²) >= 11 is 0. The van der Waals surface area contributed by atoms with E-state index in [1.807, 2.05) is 0 Å². The fraction of sp³-hybridized carbons (Fsp3) is 0.308. The van der Waals surface area contributed by atoms with Gasteiger partial charge in [0.25, 0.3) is 0 Å². The van der Waals surface area contributed by atoms with Crippen molar-refractivity contribution in [3.05, 3.63) is 41.3 Å². The Kier molecular flexibility index (Phi) is 3.26. The molecule has 4 N–H and O–H groups in total. The van der Waals surface area contributed by atoms with Gasteiger partial charge in [-0.05, 0) is 26.0 Å². The number of aliphatic hydroxyl groups is 1. The predicted octanol–water partition coefficient (Wildman–Crippen LogP) is 1.69. The van der Waals surface area contributed by atoms with Crippen LogP contribution in [0.4, 0.5) is 0 Å². The monoisotopic (exact) mass is 231 g/mol. The summed E-state index contributed by atoms with van der Waals surface area (Å²) in [7, 11) is 0. The standard InChI is InChI=1S/C13H17N3O/c1-8-3-9(2)5-10(4-8)12-6-15-13(16-12)11(14)7-17/h3-6,11,17H,7,14H2,1-2H3,(H,15,16). The lowest BCUT2D eigenvalue weighted by Crippen LogP contribution is -2.15. The molecule has 0 aliphatic rings. The number of nitrogens with one attached hydrogen (secondary N) is 1. The summed E-state index contributed by atoms with van der Waals surface area (Å²) in [5.74, 6) is 0.613. The Morgan fingerprint density at radius 2 is 1.94 bits per heavy atom. The van der Waals surface area contributed by atoms with Crippen LogP contribution in [0.15, 0.2) is 24.4 Å². The van der Waals surface area contributed by atoms with Crippen molar-refractivity contribution in [2.24, 2.45) is 5.73 Å². The maximum atomic E-state index is 8.97. The van der Waals surface area contributed by atoms with Crippen LogP contribution in [0, 0.1) is 13.8 Å².